The molecule has 3 heterocycles. The van der Waals surface area contributed by atoms with Crippen LogP contribution in [0.25, 0.3) is 21.2 Å². The molecule has 2 fully saturated rings. The van der Waals surface area contributed by atoms with Crippen LogP contribution in [0.3, 0.4) is 0 Å². The third-order valence-corrected chi connectivity index (χ3v) is 8.22. The zero-order chi connectivity index (χ0) is 21.1. The van der Waals surface area contributed by atoms with Crippen molar-refractivity contribution in [3.05, 3.63) is 58.0 Å². The Bertz CT molecular complexity index is 1220. The number of carbonyl (C=O) groups excluding carboxylic acids is 2. The Kier molecular flexibility index (Phi) is 4.42. The minimum atomic E-state index is 0.0984. The predicted octanol–water partition coefficient (Wildman–Crippen LogP) is 5.66. The van der Waals surface area contributed by atoms with Crippen LogP contribution >= 0.6 is 11.3 Å². The molecule has 31 heavy (non-hydrogen) atoms. The van der Waals surface area contributed by atoms with Crippen molar-refractivity contribution >= 4 is 33.2 Å². The van der Waals surface area contributed by atoms with Gasteiger partial charge < -0.3 is 9.80 Å². The molecular weight excluding hydrogens is 404 g/mol. The first-order chi connectivity index (χ1) is 15.1. The maximum Gasteiger partial charge on any atom is 0.264 e. The molecule has 4 nitrogen and oxygen atoms in total. The maximum atomic E-state index is 13.5. The van der Waals surface area contributed by atoms with Gasteiger partial charge in [-0.1, -0.05) is 24.3 Å². The van der Waals surface area contributed by atoms with Gasteiger partial charge in [0.15, 0.2) is 0 Å². The van der Waals surface area contributed by atoms with E-state index in [0.29, 0.717) is 12.5 Å². The first-order valence-corrected chi connectivity index (χ1v) is 12.2. The van der Waals surface area contributed by atoms with Crippen LogP contribution in [0.2, 0.25) is 0 Å². The van der Waals surface area contributed by atoms with E-state index in [9.17, 15) is 9.59 Å². The number of rotatable bonds is 3. The molecule has 0 spiro atoms. The van der Waals surface area contributed by atoms with Crippen LogP contribution in [0, 0.1) is 0 Å². The van der Waals surface area contributed by atoms with Crippen LogP contribution in [0.15, 0.2) is 36.4 Å². The number of likely N-dealkylation sites (tertiary alicyclic amines) is 1. The lowest BCUT2D eigenvalue weighted by Crippen LogP contribution is -2.35. The SMILES string of the molecule is CN1Cc2cc(-c3cccc4c(C5CC5)c(C(=O)N5CCCCC5)sc34)ccc2C1=O. The molecule has 1 saturated heterocycles. The van der Waals surface area contributed by atoms with Gasteiger partial charge in [0, 0.05) is 36.9 Å². The van der Waals surface area contributed by atoms with E-state index in [1.165, 1.54) is 40.5 Å². The molecule has 2 aliphatic heterocycles. The van der Waals surface area contributed by atoms with Gasteiger partial charge >= 0.3 is 0 Å². The highest BCUT2D eigenvalue weighted by molar-refractivity contribution is 7.21. The number of thiophene rings is 1. The summed E-state index contributed by atoms with van der Waals surface area (Å²) >= 11 is 1.68. The molecule has 0 radical (unpaired) electrons. The molecule has 5 heteroatoms. The van der Waals surface area contributed by atoms with E-state index in [4.69, 9.17) is 0 Å². The topological polar surface area (TPSA) is 40.6 Å². The molecule has 0 unspecified atom stereocenters. The average molecular weight is 431 g/mol. The smallest absolute Gasteiger partial charge is 0.264 e. The van der Waals surface area contributed by atoms with Gasteiger partial charge in [0.2, 0.25) is 0 Å². The van der Waals surface area contributed by atoms with E-state index in [-0.39, 0.29) is 11.8 Å². The van der Waals surface area contributed by atoms with Crippen LogP contribution in [-0.2, 0) is 6.54 Å². The molecular formula is C26H26N2O2S. The Labute approximate surface area is 186 Å². The zero-order valence-electron chi connectivity index (χ0n) is 17.8. The predicted molar refractivity (Wildman–Crippen MR) is 125 cm³/mol. The zero-order valence-corrected chi connectivity index (χ0v) is 18.6. The first-order valence-electron chi connectivity index (χ1n) is 11.4. The summed E-state index contributed by atoms with van der Waals surface area (Å²) in [5.74, 6) is 0.857. The fourth-order valence-corrected chi connectivity index (χ4v) is 6.57. The van der Waals surface area contributed by atoms with Crippen LogP contribution in [0.4, 0.5) is 0 Å². The summed E-state index contributed by atoms with van der Waals surface area (Å²) in [4.78, 5) is 30.6. The van der Waals surface area contributed by atoms with Gasteiger partial charge in [0.05, 0.1) is 4.88 Å². The van der Waals surface area contributed by atoms with Crippen molar-refractivity contribution in [2.75, 3.05) is 20.1 Å². The molecule has 3 aromatic rings. The fourth-order valence-electron chi connectivity index (χ4n) is 5.18. The van der Waals surface area contributed by atoms with Crippen LogP contribution < -0.4 is 0 Å². The van der Waals surface area contributed by atoms with Crippen molar-refractivity contribution in [3.63, 3.8) is 0 Å². The number of amides is 2. The minimum absolute atomic E-state index is 0.0984. The van der Waals surface area contributed by atoms with Crippen molar-refractivity contribution in [2.24, 2.45) is 0 Å². The van der Waals surface area contributed by atoms with Crippen molar-refractivity contribution in [1.82, 2.24) is 9.80 Å². The third-order valence-electron chi connectivity index (χ3n) is 6.98. The summed E-state index contributed by atoms with van der Waals surface area (Å²) in [7, 11) is 1.85. The summed E-state index contributed by atoms with van der Waals surface area (Å²) in [5, 5.41) is 1.25. The van der Waals surface area contributed by atoms with Crippen molar-refractivity contribution in [1.29, 1.82) is 0 Å². The molecule has 0 N–H and O–H groups in total. The monoisotopic (exact) mass is 430 g/mol. The van der Waals surface area contributed by atoms with E-state index in [1.54, 1.807) is 16.2 Å². The lowest BCUT2D eigenvalue weighted by Gasteiger charge is -2.26. The van der Waals surface area contributed by atoms with Gasteiger partial charge in [-0.05, 0) is 77.8 Å². The summed E-state index contributed by atoms with van der Waals surface area (Å²) < 4.78 is 1.21. The first kappa shape index (κ1) is 19.1. The lowest BCUT2D eigenvalue weighted by molar-refractivity contribution is 0.0727. The number of carbonyl (C=O) groups is 2. The number of hydrogen-bond acceptors (Lipinski definition) is 3. The van der Waals surface area contributed by atoms with E-state index in [0.717, 1.165) is 47.5 Å². The highest BCUT2D eigenvalue weighted by Crippen LogP contribution is 2.50. The Hall–Kier alpha value is -2.66. The number of fused-ring (bicyclic) bond motifs is 2. The number of benzene rings is 2. The Morgan fingerprint density at radius 1 is 1.03 bits per heavy atom. The number of piperidine rings is 1. The molecule has 1 aliphatic carbocycles. The second kappa shape index (κ2) is 7.20. The van der Waals surface area contributed by atoms with Gasteiger partial charge in [-0.15, -0.1) is 11.3 Å². The van der Waals surface area contributed by atoms with E-state index in [2.05, 4.69) is 35.2 Å². The molecule has 1 aromatic heterocycles. The van der Waals surface area contributed by atoms with Crippen molar-refractivity contribution < 1.29 is 9.59 Å². The van der Waals surface area contributed by atoms with E-state index in [1.807, 2.05) is 13.1 Å². The van der Waals surface area contributed by atoms with Gasteiger partial charge in [-0.3, -0.25) is 9.59 Å². The largest absolute Gasteiger partial charge is 0.338 e. The molecule has 2 aromatic carbocycles. The quantitative estimate of drug-likeness (QED) is 0.538. The second-order valence-electron chi connectivity index (χ2n) is 9.19. The standard InChI is InChI=1S/C26H26N2O2S/c1-27-15-18-14-17(10-11-20(18)25(27)29)19-6-5-7-21-22(16-8-9-16)24(31-23(19)21)26(30)28-12-3-2-4-13-28/h5-7,10-11,14,16H,2-4,8-9,12-13,15H2,1H3. The molecule has 1 saturated carbocycles. The van der Waals surface area contributed by atoms with Gasteiger partial charge in [0.1, 0.15) is 0 Å². The van der Waals surface area contributed by atoms with Gasteiger partial charge in [-0.2, -0.15) is 0 Å². The normalized spacial score (nSPS) is 18.7. The molecule has 3 aliphatic rings. The lowest BCUT2D eigenvalue weighted by atomic mass is 9.97. The Balaban J connectivity index is 1.48. The molecule has 0 atom stereocenters. The minimum Gasteiger partial charge on any atom is -0.338 e. The van der Waals surface area contributed by atoms with Crippen molar-refractivity contribution in [2.45, 2.75) is 44.6 Å². The second-order valence-corrected chi connectivity index (χ2v) is 10.2. The van der Waals surface area contributed by atoms with Crippen molar-refractivity contribution in [3.8, 4) is 11.1 Å². The fraction of sp³-hybridized carbons (Fsp3) is 0.385. The third kappa shape index (κ3) is 3.09. The average Bonchev–Trinajstić information content (AvgIpc) is 3.50. The van der Waals surface area contributed by atoms with E-state index < -0.39 is 0 Å². The number of nitrogens with zero attached hydrogens (tertiary/aromatic N) is 2. The summed E-state index contributed by atoms with van der Waals surface area (Å²) in [6.45, 7) is 2.43. The Morgan fingerprint density at radius 2 is 1.84 bits per heavy atom. The molecule has 0 bridgehead atoms. The summed E-state index contributed by atoms with van der Waals surface area (Å²) in [6.07, 6.45) is 5.82. The van der Waals surface area contributed by atoms with Gasteiger partial charge in [-0.25, -0.2) is 0 Å². The van der Waals surface area contributed by atoms with Gasteiger partial charge in [0.25, 0.3) is 11.8 Å². The van der Waals surface area contributed by atoms with Crippen LogP contribution in [0.1, 0.15) is 69.2 Å². The molecule has 158 valence electrons. The number of hydrogen-bond donors (Lipinski definition) is 0. The van der Waals surface area contributed by atoms with E-state index >= 15 is 0 Å². The maximum absolute atomic E-state index is 13.5. The molecule has 2 amide bonds. The van der Waals surface area contributed by atoms with Crippen LogP contribution in [-0.4, -0.2) is 41.8 Å². The van der Waals surface area contributed by atoms with Crippen LogP contribution in [0.5, 0.6) is 0 Å². The summed E-state index contributed by atoms with van der Waals surface area (Å²) in [6, 6.07) is 12.7. The Morgan fingerprint density at radius 3 is 2.61 bits per heavy atom. The highest BCUT2D eigenvalue weighted by atomic mass is 32.1. The molecule has 6 rings (SSSR count). The summed E-state index contributed by atoms with van der Waals surface area (Å²) in [5.41, 5.74) is 5.49. The highest BCUT2D eigenvalue weighted by Gasteiger charge is 2.34.